The number of benzene rings is 1. The maximum atomic E-state index is 10.3. The van der Waals surface area contributed by atoms with E-state index in [1.165, 1.54) is 13.0 Å². The number of hydrogen-bond acceptors (Lipinski definition) is 5. The Morgan fingerprint density at radius 1 is 1.21 bits per heavy atom. The van der Waals surface area contributed by atoms with Crippen LogP contribution in [-0.2, 0) is 10.4 Å². The summed E-state index contributed by atoms with van der Waals surface area (Å²) < 4.78 is 32.9. The summed E-state index contributed by atoms with van der Waals surface area (Å²) >= 11 is 0. The lowest BCUT2D eigenvalue weighted by molar-refractivity contribution is 0.356. The second-order valence-corrected chi connectivity index (χ2v) is 3.61. The molecule has 1 aromatic rings. The van der Waals surface area contributed by atoms with Gasteiger partial charge in [0.1, 0.15) is 0 Å². The zero-order valence-corrected chi connectivity index (χ0v) is 7.95. The third kappa shape index (κ3) is 2.27. The molecule has 1 aromatic carbocycles. The SMILES string of the molecule is Cc1ccc(OS(=O)(=O)O)c(O)c1O. The number of hydrogen-bond donors (Lipinski definition) is 3. The Hall–Kier alpha value is -1.47. The molecule has 78 valence electrons. The fourth-order valence-corrected chi connectivity index (χ4v) is 1.20. The van der Waals surface area contributed by atoms with Gasteiger partial charge < -0.3 is 14.4 Å². The van der Waals surface area contributed by atoms with Gasteiger partial charge in [0.15, 0.2) is 11.5 Å². The number of rotatable bonds is 2. The molecule has 3 N–H and O–H groups in total. The quantitative estimate of drug-likeness (QED) is 0.497. The van der Waals surface area contributed by atoms with Crippen LogP contribution in [-0.4, -0.2) is 23.2 Å². The van der Waals surface area contributed by atoms with E-state index in [-0.39, 0.29) is 0 Å². The van der Waals surface area contributed by atoms with Gasteiger partial charge in [-0.1, -0.05) is 6.07 Å². The summed E-state index contributed by atoms with van der Waals surface area (Å²) in [4.78, 5) is 0. The summed E-state index contributed by atoms with van der Waals surface area (Å²) in [6.45, 7) is 1.51. The molecule has 0 bridgehead atoms. The molecule has 0 spiro atoms. The van der Waals surface area contributed by atoms with Crippen molar-refractivity contribution in [1.29, 1.82) is 0 Å². The van der Waals surface area contributed by atoms with E-state index in [9.17, 15) is 18.6 Å². The van der Waals surface area contributed by atoms with E-state index in [1.54, 1.807) is 0 Å². The maximum Gasteiger partial charge on any atom is 0.446 e. The highest BCUT2D eigenvalue weighted by Gasteiger charge is 2.15. The van der Waals surface area contributed by atoms with Gasteiger partial charge in [-0.15, -0.1) is 0 Å². The van der Waals surface area contributed by atoms with Gasteiger partial charge in [0.25, 0.3) is 0 Å². The number of aryl methyl sites for hydroxylation is 1. The first kappa shape index (κ1) is 10.6. The first-order valence-corrected chi connectivity index (χ1v) is 4.86. The predicted octanol–water partition coefficient (Wildman–Crippen LogP) is 0.588. The number of aromatic hydroxyl groups is 2. The molecule has 0 unspecified atom stereocenters. The first-order valence-electron chi connectivity index (χ1n) is 3.49. The molecule has 6 nitrogen and oxygen atoms in total. The van der Waals surface area contributed by atoms with Crippen molar-refractivity contribution in [3.63, 3.8) is 0 Å². The van der Waals surface area contributed by atoms with Gasteiger partial charge in [0.05, 0.1) is 0 Å². The molecule has 0 aliphatic carbocycles. The van der Waals surface area contributed by atoms with E-state index in [4.69, 9.17) is 4.55 Å². The summed E-state index contributed by atoms with van der Waals surface area (Å²) in [7, 11) is -4.70. The van der Waals surface area contributed by atoms with Crippen molar-refractivity contribution >= 4 is 10.4 Å². The molecule has 7 heteroatoms. The largest absolute Gasteiger partial charge is 0.504 e. The molecule has 0 aliphatic heterocycles. The van der Waals surface area contributed by atoms with Crippen molar-refractivity contribution in [1.82, 2.24) is 0 Å². The van der Waals surface area contributed by atoms with E-state index in [0.717, 1.165) is 6.07 Å². The standard InChI is InChI=1S/C7H8O6S/c1-4-2-3-5(7(9)6(4)8)13-14(10,11)12/h2-3,8-9H,1H3,(H,10,11,12). The van der Waals surface area contributed by atoms with Crippen LogP contribution in [0, 0.1) is 6.92 Å². The first-order chi connectivity index (χ1) is 6.31. The third-order valence-electron chi connectivity index (χ3n) is 1.51. The minimum Gasteiger partial charge on any atom is -0.504 e. The van der Waals surface area contributed by atoms with Crippen molar-refractivity contribution < 1.29 is 27.4 Å². The smallest absolute Gasteiger partial charge is 0.446 e. The fourth-order valence-electron chi connectivity index (χ4n) is 0.843. The molecule has 0 aromatic heterocycles. The molecule has 0 aliphatic rings. The molecule has 0 saturated carbocycles. The monoisotopic (exact) mass is 220 g/mol. The molecule has 0 radical (unpaired) electrons. The average Bonchev–Trinajstić information content (AvgIpc) is 2.04. The molecule has 0 amide bonds. The van der Waals surface area contributed by atoms with Crippen molar-refractivity contribution in [2.45, 2.75) is 6.92 Å². The summed E-state index contributed by atoms with van der Waals surface area (Å²) in [6, 6.07) is 2.44. The van der Waals surface area contributed by atoms with Crippen LogP contribution in [0.2, 0.25) is 0 Å². The van der Waals surface area contributed by atoms with E-state index in [2.05, 4.69) is 4.18 Å². The number of phenols is 2. The average molecular weight is 220 g/mol. The molecule has 0 atom stereocenters. The van der Waals surface area contributed by atoms with Crippen LogP contribution in [0.5, 0.6) is 17.2 Å². The molecule has 14 heavy (non-hydrogen) atoms. The Labute approximate surface area is 80.3 Å². The Morgan fingerprint density at radius 2 is 1.79 bits per heavy atom. The van der Waals surface area contributed by atoms with Crippen LogP contribution in [0.3, 0.4) is 0 Å². The van der Waals surface area contributed by atoms with Gasteiger partial charge in [-0.05, 0) is 18.6 Å². The van der Waals surface area contributed by atoms with Crippen LogP contribution >= 0.6 is 0 Å². The van der Waals surface area contributed by atoms with Gasteiger partial charge >= 0.3 is 10.4 Å². The highest BCUT2D eigenvalue weighted by atomic mass is 32.3. The lowest BCUT2D eigenvalue weighted by Crippen LogP contribution is -2.06. The second-order valence-electron chi connectivity index (χ2n) is 2.59. The van der Waals surface area contributed by atoms with E-state index in [0.29, 0.717) is 5.56 Å². The molecule has 1 rings (SSSR count). The summed E-state index contributed by atoms with van der Waals surface area (Å²) in [5, 5.41) is 18.4. The zero-order valence-electron chi connectivity index (χ0n) is 7.13. The summed E-state index contributed by atoms with van der Waals surface area (Å²) in [5.74, 6) is -1.76. The Bertz CT molecular complexity index is 449. The highest BCUT2D eigenvalue weighted by molar-refractivity contribution is 7.81. The Kier molecular flexibility index (Phi) is 2.54. The molecular formula is C7H8O6S. The van der Waals surface area contributed by atoms with Gasteiger partial charge in [0, 0.05) is 0 Å². The van der Waals surface area contributed by atoms with Crippen LogP contribution in [0.1, 0.15) is 5.56 Å². The molecule has 0 heterocycles. The second kappa shape index (κ2) is 3.35. The van der Waals surface area contributed by atoms with E-state index >= 15 is 0 Å². The Morgan fingerprint density at radius 3 is 2.29 bits per heavy atom. The van der Waals surface area contributed by atoms with Crippen LogP contribution in [0.15, 0.2) is 12.1 Å². The molecule has 0 fully saturated rings. The topological polar surface area (TPSA) is 104 Å². The molecule has 0 saturated heterocycles. The van der Waals surface area contributed by atoms with Crippen molar-refractivity contribution in [3.05, 3.63) is 17.7 Å². The minimum absolute atomic E-state index is 0.352. The fraction of sp³-hybridized carbons (Fsp3) is 0.143. The summed E-state index contributed by atoms with van der Waals surface area (Å²) in [6.07, 6.45) is 0. The van der Waals surface area contributed by atoms with Crippen LogP contribution in [0.25, 0.3) is 0 Å². The minimum atomic E-state index is -4.70. The third-order valence-corrected chi connectivity index (χ3v) is 1.90. The van der Waals surface area contributed by atoms with Gasteiger partial charge in [-0.2, -0.15) is 8.42 Å². The predicted molar refractivity (Wildman–Crippen MR) is 46.7 cm³/mol. The Balaban J connectivity index is 3.19. The number of phenolic OH excluding ortho intramolecular Hbond substituents is 2. The van der Waals surface area contributed by atoms with Crippen LogP contribution < -0.4 is 4.18 Å². The van der Waals surface area contributed by atoms with Crippen molar-refractivity contribution in [2.24, 2.45) is 0 Å². The molecular weight excluding hydrogens is 212 g/mol. The van der Waals surface area contributed by atoms with Crippen molar-refractivity contribution in [2.75, 3.05) is 0 Å². The summed E-state index contributed by atoms with van der Waals surface area (Å²) in [5.41, 5.74) is 0.352. The van der Waals surface area contributed by atoms with Gasteiger partial charge in [0.2, 0.25) is 5.75 Å². The van der Waals surface area contributed by atoms with Gasteiger partial charge in [-0.25, -0.2) is 0 Å². The maximum absolute atomic E-state index is 10.3. The normalized spacial score (nSPS) is 11.3. The lowest BCUT2D eigenvalue weighted by atomic mass is 10.2. The van der Waals surface area contributed by atoms with E-state index < -0.39 is 27.6 Å². The van der Waals surface area contributed by atoms with E-state index in [1.807, 2.05) is 0 Å². The van der Waals surface area contributed by atoms with Gasteiger partial charge in [-0.3, -0.25) is 4.55 Å². The zero-order chi connectivity index (χ0) is 10.9. The van der Waals surface area contributed by atoms with Crippen molar-refractivity contribution in [3.8, 4) is 17.2 Å². The van der Waals surface area contributed by atoms with Crippen LogP contribution in [0.4, 0.5) is 0 Å². The highest BCUT2D eigenvalue weighted by Crippen LogP contribution is 2.37. The lowest BCUT2D eigenvalue weighted by Gasteiger charge is -2.06.